The van der Waals surface area contributed by atoms with Crippen molar-refractivity contribution in [3.63, 3.8) is 0 Å². The molecule has 0 bridgehead atoms. The third kappa shape index (κ3) is 3.10. The molecule has 4 rings (SSSR count). The monoisotopic (exact) mass is 414 g/mol. The zero-order valence-electron chi connectivity index (χ0n) is 16.9. The second kappa shape index (κ2) is 6.86. The Kier molecular flexibility index (Phi) is 4.56. The van der Waals surface area contributed by atoms with E-state index in [-0.39, 0.29) is 41.4 Å². The number of hydrogen-bond donors (Lipinski definition) is 1. The van der Waals surface area contributed by atoms with E-state index < -0.39 is 22.7 Å². The minimum Gasteiger partial charge on any atom is -0.468 e. The molecule has 0 saturated heterocycles. The molecule has 0 fully saturated rings. The van der Waals surface area contributed by atoms with Crippen molar-refractivity contribution in [1.29, 1.82) is 0 Å². The first-order chi connectivity index (χ1) is 14.1. The van der Waals surface area contributed by atoms with Crippen LogP contribution in [0.15, 0.2) is 35.7 Å². The minimum absolute atomic E-state index is 0.0592. The number of nitrogens with one attached hydrogen (secondary N) is 1. The van der Waals surface area contributed by atoms with E-state index in [9.17, 15) is 19.7 Å². The fraction of sp³-hybridized carbons (Fsp3) is 0.429. The molecular formula is C21H22N2O7. The van der Waals surface area contributed by atoms with Crippen molar-refractivity contribution in [2.75, 3.05) is 13.9 Å². The number of carbonyl (C=O) groups is 2. The number of methoxy groups -OCH3 is 1. The molecule has 158 valence electrons. The lowest BCUT2D eigenvalue weighted by Gasteiger charge is -2.41. The number of nitrogens with zero attached hydrogens (tertiary/aromatic N) is 1. The molecule has 1 aromatic rings. The molecule has 1 N–H and O–H groups in total. The van der Waals surface area contributed by atoms with E-state index in [1.807, 2.05) is 13.8 Å². The number of nitro benzene ring substituents is 1. The third-order valence-electron chi connectivity index (χ3n) is 5.76. The molecule has 9 nitrogen and oxygen atoms in total. The number of ketones is 1. The Morgan fingerprint density at radius 3 is 2.60 bits per heavy atom. The molecule has 1 aromatic carbocycles. The first-order valence-electron chi connectivity index (χ1n) is 9.51. The summed E-state index contributed by atoms with van der Waals surface area (Å²) >= 11 is 0. The Morgan fingerprint density at radius 1 is 1.30 bits per heavy atom. The summed E-state index contributed by atoms with van der Waals surface area (Å²) in [5.41, 5.74) is 0.993. The first-order valence-corrected chi connectivity index (χ1v) is 9.51. The number of Topliss-reactive ketones (excluding diaryl/α,β-unsaturated/α-hetero) is 1. The summed E-state index contributed by atoms with van der Waals surface area (Å²) in [7, 11) is 1.23. The van der Waals surface area contributed by atoms with Crippen LogP contribution >= 0.6 is 0 Å². The molecule has 2 unspecified atom stereocenters. The summed E-state index contributed by atoms with van der Waals surface area (Å²) in [6, 6.07) is 2.76. The van der Waals surface area contributed by atoms with Crippen molar-refractivity contribution in [3.05, 3.63) is 51.4 Å². The molecule has 2 atom stereocenters. The zero-order valence-corrected chi connectivity index (χ0v) is 16.9. The van der Waals surface area contributed by atoms with E-state index in [2.05, 4.69) is 11.9 Å². The maximum absolute atomic E-state index is 13.2. The Hall–Kier alpha value is -3.36. The van der Waals surface area contributed by atoms with Crippen molar-refractivity contribution in [2.24, 2.45) is 11.3 Å². The molecule has 2 heterocycles. The van der Waals surface area contributed by atoms with Crippen LogP contribution in [0.1, 0.15) is 38.2 Å². The first kappa shape index (κ1) is 19.9. The number of allylic oxidation sites excluding steroid dienone is 2. The summed E-state index contributed by atoms with van der Waals surface area (Å²) in [5.74, 6) is -2.13. The van der Waals surface area contributed by atoms with Gasteiger partial charge >= 0.3 is 5.97 Å². The average Bonchev–Trinajstić information content (AvgIpc) is 3.11. The predicted octanol–water partition coefficient (Wildman–Crippen LogP) is 2.96. The van der Waals surface area contributed by atoms with Crippen molar-refractivity contribution >= 4 is 17.4 Å². The third-order valence-corrected chi connectivity index (χ3v) is 5.76. The van der Waals surface area contributed by atoms with E-state index in [4.69, 9.17) is 14.2 Å². The standard InChI is InChI=1S/C21H22N2O7/c1-10-17(20(25)28-4)18(19-12(22-10)7-21(2,3)8-14(19)24)11-5-15-16(30-9-29-15)6-13(11)23(26)27/h5-6,17-18,22H,1,7-9H2,2-4H3. The average molecular weight is 414 g/mol. The molecule has 0 saturated carbocycles. The summed E-state index contributed by atoms with van der Waals surface area (Å²) in [4.78, 5) is 37.2. The topological polar surface area (TPSA) is 117 Å². The number of carbonyl (C=O) groups excluding carboxylic acids is 2. The molecule has 0 aromatic heterocycles. The van der Waals surface area contributed by atoms with E-state index in [1.54, 1.807) is 0 Å². The fourth-order valence-electron chi connectivity index (χ4n) is 4.54. The van der Waals surface area contributed by atoms with Crippen LogP contribution in [-0.2, 0) is 14.3 Å². The van der Waals surface area contributed by atoms with Gasteiger partial charge in [-0.3, -0.25) is 19.7 Å². The van der Waals surface area contributed by atoms with E-state index in [1.165, 1.54) is 19.2 Å². The van der Waals surface area contributed by atoms with Crippen molar-refractivity contribution in [3.8, 4) is 11.5 Å². The van der Waals surface area contributed by atoms with Crippen LogP contribution < -0.4 is 14.8 Å². The van der Waals surface area contributed by atoms with Gasteiger partial charge in [0.2, 0.25) is 6.79 Å². The van der Waals surface area contributed by atoms with Gasteiger partial charge in [0.1, 0.15) is 5.92 Å². The number of benzene rings is 1. The van der Waals surface area contributed by atoms with Crippen LogP contribution in [0.25, 0.3) is 0 Å². The lowest BCUT2D eigenvalue weighted by Crippen LogP contribution is -2.43. The quantitative estimate of drug-likeness (QED) is 0.456. The molecule has 0 radical (unpaired) electrons. The highest BCUT2D eigenvalue weighted by molar-refractivity contribution is 6.01. The molecule has 2 aliphatic heterocycles. The van der Waals surface area contributed by atoms with Gasteiger partial charge in [-0.1, -0.05) is 20.4 Å². The Morgan fingerprint density at radius 2 is 1.97 bits per heavy atom. The van der Waals surface area contributed by atoms with Gasteiger partial charge in [0.25, 0.3) is 5.69 Å². The van der Waals surface area contributed by atoms with Crippen LogP contribution in [-0.4, -0.2) is 30.6 Å². The molecular weight excluding hydrogens is 392 g/mol. The number of nitro groups is 1. The van der Waals surface area contributed by atoms with Crippen LogP contribution in [0.2, 0.25) is 0 Å². The van der Waals surface area contributed by atoms with Crippen molar-refractivity contribution in [2.45, 2.75) is 32.6 Å². The normalized spacial score (nSPS) is 24.2. The fourth-order valence-corrected chi connectivity index (χ4v) is 4.54. The minimum atomic E-state index is -1.00. The van der Waals surface area contributed by atoms with Crippen LogP contribution in [0.4, 0.5) is 5.69 Å². The summed E-state index contributed by atoms with van der Waals surface area (Å²) in [6.45, 7) is 7.86. The Bertz CT molecular complexity index is 1020. The number of esters is 1. The Balaban J connectivity index is 1.98. The Labute approximate surface area is 172 Å². The van der Waals surface area contributed by atoms with Gasteiger partial charge in [0, 0.05) is 34.9 Å². The maximum atomic E-state index is 13.2. The highest BCUT2D eigenvalue weighted by Gasteiger charge is 2.48. The molecule has 1 aliphatic carbocycles. The zero-order chi connectivity index (χ0) is 21.8. The van der Waals surface area contributed by atoms with Gasteiger partial charge in [-0.25, -0.2) is 0 Å². The lowest BCUT2D eigenvalue weighted by molar-refractivity contribution is -0.385. The number of hydrogen-bond acceptors (Lipinski definition) is 8. The second-order valence-electron chi connectivity index (χ2n) is 8.48. The van der Waals surface area contributed by atoms with E-state index in [0.717, 1.165) is 0 Å². The van der Waals surface area contributed by atoms with Crippen molar-refractivity contribution < 1.29 is 28.7 Å². The van der Waals surface area contributed by atoms with Gasteiger partial charge in [-0.15, -0.1) is 0 Å². The van der Waals surface area contributed by atoms with Gasteiger partial charge in [0.05, 0.1) is 18.1 Å². The molecule has 9 heteroatoms. The van der Waals surface area contributed by atoms with Crippen LogP contribution in [0.3, 0.4) is 0 Å². The van der Waals surface area contributed by atoms with Crippen LogP contribution in [0.5, 0.6) is 11.5 Å². The van der Waals surface area contributed by atoms with Gasteiger partial charge < -0.3 is 19.5 Å². The second-order valence-corrected chi connectivity index (χ2v) is 8.48. The predicted molar refractivity (Wildman–Crippen MR) is 105 cm³/mol. The number of fused-ring (bicyclic) bond motifs is 1. The molecule has 0 amide bonds. The highest BCUT2D eigenvalue weighted by Crippen LogP contribution is 2.51. The van der Waals surface area contributed by atoms with E-state index in [0.29, 0.717) is 29.1 Å². The smallest absolute Gasteiger partial charge is 0.315 e. The molecule has 0 spiro atoms. The summed E-state index contributed by atoms with van der Waals surface area (Å²) in [5, 5.41) is 15.0. The SMILES string of the molecule is C=C1NC2=C(C(=O)CC(C)(C)C2)C(c2cc3c(cc2[N+](=O)[O-])OCO3)C1C(=O)OC. The maximum Gasteiger partial charge on any atom is 0.315 e. The number of rotatable bonds is 3. The summed E-state index contributed by atoms with van der Waals surface area (Å²) < 4.78 is 15.6. The highest BCUT2D eigenvalue weighted by atomic mass is 16.7. The summed E-state index contributed by atoms with van der Waals surface area (Å²) in [6.07, 6.45) is 0.818. The van der Waals surface area contributed by atoms with Gasteiger partial charge in [-0.05, 0) is 17.9 Å². The molecule has 30 heavy (non-hydrogen) atoms. The lowest BCUT2D eigenvalue weighted by atomic mass is 9.66. The van der Waals surface area contributed by atoms with Gasteiger partial charge in [-0.2, -0.15) is 0 Å². The number of ether oxygens (including phenoxy) is 3. The van der Waals surface area contributed by atoms with Crippen LogP contribution in [0, 0.1) is 21.4 Å². The van der Waals surface area contributed by atoms with Gasteiger partial charge in [0.15, 0.2) is 17.3 Å². The van der Waals surface area contributed by atoms with E-state index >= 15 is 0 Å². The largest absolute Gasteiger partial charge is 0.468 e. The van der Waals surface area contributed by atoms with Crippen molar-refractivity contribution in [1.82, 2.24) is 5.32 Å². The molecule has 3 aliphatic rings.